The van der Waals surface area contributed by atoms with Gasteiger partial charge in [-0.05, 0) is 18.3 Å². The zero-order valence-corrected chi connectivity index (χ0v) is 10.9. The van der Waals surface area contributed by atoms with E-state index in [0.717, 1.165) is 25.7 Å². The summed E-state index contributed by atoms with van der Waals surface area (Å²) in [5, 5.41) is 23.0. The van der Waals surface area contributed by atoms with E-state index in [0.29, 0.717) is 23.8 Å². The standard InChI is InChI=1S/C12H15N5O3/c18-10(19)6-12(3-1-2-4-12)5-9-14-11(16-20-9)8-7-13-17-15-8/h7H,1-6H2,(H,18,19)(H,13,15,17). The average Bonchev–Trinajstić information content (AvgIpc) is 3.08. The second kappa shape index (κ2) is 5.03. The maximum atomic E-state index is 11.1. The molecule has 0 saturated heterocycles. The maximum Gasteiger partial charge on any atom is 0.303 e. The van der Waals surface area contributed by atoms with Crippen LogP contribution in [-0.4, -0.2) is 36.6 Å². The van der Waals surface area contributed by atoms with Gasteiger partial charge < -0.3 is 9.63 Å². The zero-order valence-electron chi connectivity index (χ0n) is 10.9. The van der Waals surface area contributed by atoms with E-state index < -0.39 is 5.97 Å². The van der Waals surface area contributed by atoms with Crippen LogP contribution in [0, 0.1) is 5.41 Å². The fraction of sp³-hybridized carbons (Fsp3) is 0.583. The number of aliphatic carboxylic acids is 1. The first-order valence-corrected chi connectivity index (χ1v) is 6.57. The van der Waals surface area contributed by atoms with Gasteiger partial charge in [-0.3, -0.25) is 4.79 Å². The molecular weight excluding hydrogens is 262 g/mol. The van der Waals surface area contributed by atoms with Gasteiger partial charge in [-0.15, -0.1) is 0 Å². The highest BCUT2D eigenvalue weighted by molar-refractivity contribution is 5.67. The van der Waals surface area contributed by atoms with Crippen LogP contribution in [0.1, 0.15) is 38.0 Å². The van der Waals surface area contributed by atoms with Crippen LogP contribution in [0.3, 0.4) is 0 Å². The van der Waals surface area contributed by atoms with Crippen LogP contribution >= 0.6 is 0 Å². The summed E-state index contributed by atoms with van der Waals surface area (Å²) in [5.74, 6) is 0.0616. The Morgan fingerprint density at radius 2 is 2.25 bits per heavy atom. The molecule has 1 saturated carbocycles. The maximum absolute atomic E-state index is 11.1. The first-order valence-electron chi connectivity index (χ1n) is 6.57. The van der Waals surface area contributed by atoms with Crippen molar-refractivity contribution in [1.82, 2.24) is 25.6 Å². The summed E-state index contributed by atoms with van der Waals surface area (Å²) in [7, 11) is 0. The van der Waals surface area contributed by atoms with Crippen molar-refractivity contribution in [2.75, 3.05) is 0 Å². The Bertz CT molecular complexity index is 586. The molecule has 0 atom stereocenters. The number of carbonyl (C=O) groups is 1. The van der Waals surface area contributed by atoms with E-state index in [1.165, 1.54) is 6.20 Å². The van der Waals surface area contributed by atoms with Crippen molar-refractivity contribution in [3.63, 3.8) is 0 Å². The van der Waals surface area contributed by atoms with E-state index in [9.17, 15) is 4.79 Å². The number of H-pyrrole nitrogens is 1. The van der Waals surface area contributed by atoms with Crippen LogP contribution in [0.4, 0.5) is 0 Å². The van der Waals surface area contributed by atoms with Crippen LogP contribution in [0.5, 0.6) is 0 Å². The minimum atomic E-state index is -0.775. The number of carboxylic acid groups (broad SMARTS) is 1. The summed E-state index contributed by atoms with van der Waals surface area (Å²) in [6.07, 6.45) is 6.05. The van der Waals surface area contributed by atoms with Crippen LogP contribution < -0.4 is 0 Å². The summed E-state index contributed by atoms with van der Waals surface area (Å²) in [4.78, 5) is 15.3. The molecule has 0 radical (unpaired) electrons. The van der Waals surface area contributed by atoms with E-state index in [2.05, 4.69) is 25.6 Å². The Kier molecular flexibility index (Phi) is 3.21. The van der Waals surface area contributed by atoms with Gasteiger partial charge in [0, 0.05) is 6.42 Å². The number of aromatic amines is 1. The Labute approximate surface area is 114 Å². The first-order chi connectivity index (χ1) is 9.67. The summed E-state index contributed by atoms with van der Waals surface area (Å²) in [5.41, 5.74) is 0.262. The molecule has 8 nitrogen and oxygen atoms in total. The molecule has 2 heterocycles. The van der Waals surface area contributed by atoms with Crippen molar-refractivity contribution in [3.05, 3.63) is 12.1 Å². The lowest BCUT2D eigenvalue weighted by molar-refractivity contribution is -0.139. The second-order valence-corrected chi connectivity index (χ2v) is 5.32. The normalized spacial score (nSPS) is 17.4. The second-order valence-electron chi connectivity index (χ2n) is 5.32. The van der Waals surface area contributed by atoms with Crippen LogP contribution in [-0.2, 0) is 11.2 Å². The molecule has 1 fully saturated rings. The highest BCUT2D eigenvalue weighted by Crippen LogP contribution is 2.43. The molecule has 0 unspecified atom stereocenters. The summed E-state index contributed by atoms with van der Waals surface area (Å²) < 4.78 is 5.22. The molecule has 2 aromatic heterocycles. The van der Waals surface area contributed by atoms with Crippen molar-refractivity contribution in [1.29, 1.82) is 0 Å². The SMILES string of the molecule is O=C(O)CC1(Cc2nc(-c3cn[nH]n3)no2)CCCC1. The molecule has 3 rings (SSSR count). The third kappa shape index (κ3) is 2.54. The molecule has 2 aromatic rings. The quantitative estimate of drug-likeness (QED) is 0.848. The van der Waals surface area contributed by atoms with Gasteiger partial charge in [-0.25, -0.2) is 0 Å². The van der Waals surface area contributed by atoms with E-state index >= 15 is 0 Å². The van der Waals surface area contributed by atoms with Gasteiger partial charge in [-0.2, -0.15) is 20.4 Å². The lowest BCUT2D eigenvalue weighted by Crippen LogP contribution is -2.23. The van der Waals surface area contributed by atoms with E-state index in [4.69, 9.17) is 9.63 Å². The number of carboxylic acids is 1. The van der Waals surface area contributed by atoms with Crippen LogP contribution in [0.25, 0.3) is 11.5 Å². The average molecular weight is 277 g/mol. The Hall–Kier alpha value is -2.25. The monoisotopic (exact) mass is 277 g/mol. The zero-order chi connectivity index (χ0) is 14.0. The molecule has 1 aliphatic rings. The third-order valence-electron chi connectivity index (χ3n) is 3.83. The van der Waals surface area contributed by atoms with E-state index in [1.54, 1.807) is 0 Å². The lowest BCUT2D eigenvalue weighted by atomic mass is 9.79. The van der Waals surface area contributed by atoms with Crippen molar-refractivity contribution >= 4 is 5.97 Å². The summed E-state index contributed by atoms with van der Waals surface area (Å²) in [6.45, 7) is 0. The van der Waals surface area contributed by atoms with Crippen molar-refractivity contribution in [2.45, 2.75) is 38.5 Å². The number of hydrogen-bond donors (Lipinski definition) is 2. The van der Waals surface area contributed by atoms with Crippen molar-refractivity contribution < 1.29 is 14.4 Å². The Morgan fingerprint density at radius 1 is 1.45 bits per heavy atom. The molecule has 8 heteroatoms. The van der Waals surface area contributed by atoms with Gasteiger partial charge >= 0.3 is 5.97 Å². The number of nitrogens with one attached hydrogen (secondary N) is 1. The van der Waals surface area contributed by atoms with Crippen molar-refractivity contribution in [2.24, 2.45) is 5.41 Å². The summed E-state index contributed by atoms with van der Waals surface area (Å²) >= 11 is 0. The number of hydrogen-bond acceptors (Lipinski definition) is 6. The van der Waals surface area contributed by atoms with Gasteiger partial charge in [0.15, 0.2) is 5.69 Å². The topological polar surface area (TPSA) is 118 Å². The highest BCUT2D eigenvalue weighted by Gasteiger charge is 2.38. The minimum Gasteiger partial charge on any atom is -0.481 e. The molecule has 0 aromatic carbocycles. The van der Waals surface area contributed by atoms with E-state index in [-0.39, 0.29) is 11.8 Å². The Morgan fingerprint density at radius 3 is 2.90 bits per heavy atom. The van der Waals surface area contributed by atoms with Gasteiger partial charge in [0.25, 0.3) is 0 Å². The van der Waals surface area contributed by atoms with Gasteiger partial charge in [0.05, 0.1) is 12.6 Å². The molecule has 0 spiro atoms. The minimum absolute atomic E-state index is 0.147. The smallest absolute Gasteiger partial charge is 0.303 e. The van der Waals surface area contributed by atoms with Gasteiger partial charge in [0.2, 0.25) is 11.7 Å². The molecular formula is C12H15N5O3. The number of rotatable bonds is 5. The highest BCUT2D eigenvalue weighted by atomic mass is 16.5. The van der Waals surface area contributed by atoms with Crippen molar-refractivity contribution in [3.8, 4) is 11.5 Å². The molecule has 106 valence electrons. The molecule has 2 N–H and O–H groups in total. The molecule has 0 aliphatic heterocycles. The molecule has 0 bridgehead atoms. The fourth-order valence-electron chi connectivity index (χ4n) is 2.92. The largest absolute Gasteiger partial charge is 0.481 e. The lowest BCUT2D eigenvalue weighted by Gasteiger charge is -2.24. The Balaban J connectivity index is 1.77. The van der Waals surface area contributed by atoms with Gasteiger partial charge in [-0.1, -0.05) is 18.0 Å². The predicted molar refractivity (Wildman–Crippen MR) is 66.5 cm³/mol. The molecule has 0 amide bonds. The summed E-state index contributed by atoms with van der Waals surface area (Å²) in [6, 6.07) is 0. The molecule has 20 heavy (non-hydrogen) atoms. The predicted octanol–water partition coefficient (Wildman–Crippen LogP) is 1.43. The first kappa shape index (κ1) is 12.8. The van der Waals surface area contributed by atoms with Crippen LogP contribution in [0.2, 0.25) is 0 Å². The third-order valence-corrected chi connectivity index (χ3v) is 3.83. The van der Waals surface area contributed by atoms with Crippen LogP contribution in [0.15, 0.2) is 10.7 Å². The molecule has 1 aliphatic carbocycles. The van der Waals surface area contributed by atoms with Gasteiger partial charge in [0.1, 0.15) is 0 Å². The fourth-order valence-corrected chi connectivity index (χ4v) is 2.92. The van der Waals surface area contributed by atoms with E-state index in [1.807, 2.05) is 0 Å². The number of aromatic nitrogens is 5. The number of nitrogens with zero attached hydrogens (tertiary/aromatic N) is 4.